The molecule has 0 aromatic carbocycles. The number of rotatable bonds is 4. The molecule has 0 amide bonds. The number of alkyl halides is 3. The van der Waals surface area contributed by atoms with E-state index in [1.165, 1.54) is 12.4 Å². The summed E-state index contributed by atoms with van der Waals surface area (Å²) in [5.41, 5.74) is 0. The van der Waals surface area contributed by atoms with Gasteiger partial charge in [0.1, 0.15) is 0 Å². The van der Waals surface area contributed by atoms with Crippen molar-refractivity contribution in [1.82, 2.24) is 14.9 Å². The molecule has 80 valence electrons. The molecule has 0 bridgehead atoms. The molecule has 1 rings (SSSR count). The van der Waals surface area contributed by atoms with Gasteiger partial charge < -0.3 is 9.88 Å². The highest BCUT2D eigenvalue weighted by atomic mass is 19.4. The van der Waals surface area contributed by atoms with Crippen LogP contribution in [-0.4, -0.2) is 23.1 Å². The third-order valence-electron chi connectivity index (χ3n) is 1.79. The minimum absolute atomic E-state index is 0.329. The van der Waals surface area contributed by atoms with Crippen LogP contribution in [0.5, 0.6) is 0 Å². The van der Waals surface area contributed by atoms with Gasteiger partial charge in [-0.15, -0.1) is 0 Å². The number of nitrogens with zero attached hydrogens (tertiary/aromatic N) is 2. The maximum Gasteiger partial charge on any atom is 0.449 e. The summed E-state index contributed by atoms with van der Waals surface area (Å²) in [6, 6.07) is 0. The Labute approximate surface area is 79.9 Å². The molecule has 14 heavy (non-hydrogen) atoms. The Morgan fingerprint density at radius 2 is 2.21 bits per heavy atom. The normalized spacial score (nSPS) is 12.0. The van der Waals surface area contributed by atoms with E-state index < -0.39 is 12.0 Å². The van der Waals surface area contributed by atoms with Crippen LogP contribution < -0.4 is 5.32 Å². The Morgan fingerprint density at radius 3 is 2.79 bits per heavy atom. The second-order valence-corrected chi connectivity index (χ2v) is 2.90. The van der Waals surface area contributed by atoms with Crippen LogP contribution in [0.2, 0.25) is 0 Å². The molecule has 0 aliphatic carbocycles. The Kier molecular flexibility index (Phi) is 3.51. The lowest BCUT2D eigenvalue weighted by atomic mass is 10.4. The SMILES string of the molecule is CNCCCn1ccnc1C(F)(F)F. The lowest BCUT2D eigenvalue weighted by molar-refractivity contribution is -0.147. The number of imidazole rings is 1. The van der Waals surface area contributed by atoms with Crippen molar-refractivity contribution in [2.24, 2.45) is 0 Å². The predicted molar refractivity (Wildman–Crippen MR) is 45.8 cm³/mol. The first-order chi connectivity index (χ1) is 6.55. The zero-order chi connectivity index (χ0) is 10.6. The maximum absolute atomic E-state index is 12.3. The molecule has 1 aromatic rings. The molecule has 1 N–H and O–H groups in total. The average Bonchev–Trinajstić information content (AvgIpc) is 2.52. The number of hydrogen-bond donors (Lipinski definition) is 1. The lowest BCUT2D eigenvalue weighted by Gasteiger charge is -2.09. The standard InChI is InChI=1S/C8H12F3N3/c1-12-3-2-5-14-6-4-13-7(14)8(9,10)11/h4,6,12H,2-3,5H2,1H3. The minimum Gasteiger partial charge on any atom is -0.327 e. The number of nitrogens with one attached hydrogen (secondary N) is 1. The summed E-state index contributed by atoms with van der Waals surface area (Å²) in [4.78, 5) is 3.28. The molecule has 0 saturated heterocycles. The van der Waals surface area contributed by atoms with E-state index in [0.717, 1.165) is 4.57 Å². The highest BCUT2D eigenvalue weighted by Crippen LogP contribution is 2.27. The van der Waals surface area contributed by atoms with E-state index in [2.05, 4.69) is 10.3 Å². The molecule has 1 heterocycles. The Balaban J connectivity index is 2.63. The van der Waals surface area contributed by atoms with Crippen molar-refractivity contribution in [2.75, 3.05) is 13.6 Å². The molecule has 0 saturated carbocycles. The van der Waals surface area contributed by atoms with Gasteiger partial charge in [0, 0.05) is 18.9 Å². The lowest BCUT2D eigenvalue weighted by Crippen LogP contribution is -2.17. The molecule has 0 fully saturated rings. The van der Waals surface area contributed by atoms with E-state index in [4.69, 9.17) is 0 Å². The molecular weight excluding hydrogens is 195 g/mol. The maximum atomic E-state index is 12.3. The summed E-state index contributed by atoms with van der Waals surface area (Å²) in [6.45, 7) is 1.02. The summed E-state index contributed by atoms with van der Waals surface area (Å²) in [5, 5.41) is 2.87. The molecule has 0 aliphatic heterocycles. The Hall–Kier alpha value is -1.04. The van der Waals surface area contributed by atoms with Crippen LogP contribution in [0.4, 0.5) is 13.2 Å². The van der Waals surface area contributed by atoms with Crippen molar-refractivity contribution in [2.45, 2.75) is 19.1 Å². The van der Waals surface area contributed by atoms with Crippen molar-refractivity contribution in [3.8, 4) is 0 Å². The van der Waals surface area contributed by atoms with Gasteiger partial charge in [0.05, 0.1) is 0 Å². The van der Waals surface area contributed by atoms with Crippen LogP contribution in [-0.2, 0) is 12.7 Å². The second kappa shape index (κ2) is 4.45. The largest absolute Gasteiger partial charge is 0.449 e. The molecule has 3 nitrogen and oxygen atoms in total. The monoisotopic (exact) mass is 207 g/mol. The van der Waals surface area contributed by atoms with E-state index in [9.17, 15) is 13.2 Å². The van der Waals surface area contributed by atoms with E-state index in [-0.39, 0.29) is 0 Å². The number of halogens is 3. The van der Waals surface area contributed by atoms with Crippen molar-refractivity contribution in [1.29, 1.82) is 0 Å². The van der Waals surface area contributed by atoms with Crippen molar-refractivity contribution in [3.63, 3.8) is 0 Å². The van der Waals surface area contributed by atoms with Gasteiger partial charge in [-0.05, 0) is 20.0 Å². The van der Waals surface area contributed by atoms with Gasteiger partial charge in [0.2, 0.25) is 5.82 Å². The van der Waals surface area contributed by atoms with Crippen LogP contribution in [0.1, 0.15) is 12.2 Å². The van der Waals surface area contributed by atoms with Crippen LogP contribution >= 0.6 is 0 Å². The third-order valence-corrected chi connectivity index (χ3v) is 1.79. The van der Waals surface area contributed by atoms with E-state index >= 15 is 0 Å². The van der Waals surface area contributed by atoms with Gasteiger partial charge in [-0.2, -0.15) is 13.2 Å². The Morgan fingerprint density at radius 1 is 1.50 bits per heavy atom. The van der Waals surface area contributed by atoms with Crippen molar-refractivity contribution >= 4 is 0 Å². The van der Waals surface area contributed by atoms with Gasteiger partial charge in [-0.3, -0.25) is 0 Å². The zero-order valence-electron chi connectivity index (χ0n) is 7.80. The van der Waals surface area contributed by atoms with Gasteiger partial charge in [0.15, 0.2) is 0 Å². The highest BCUT2D eigenvalue weighted by Gasteiger charge is 2.35. The Bertz CT molecular complexity index is 280. The number of hydrogen-bond acceptors (Lipinski definition) is 2. The van der Waals surface area contributed by atoms with E-state index in [1.54, 1.807) is 7.05 Å². The predicted octanol–water partition coefficient (Wildman–Crippen LogP) is 1.51. The van der Waals surface area contributed by atoms with Crippen molar-refractivity contribution < 1.29 is 13.2 Å². The first-order valence-electron chi connectivity index (χ1n) is 4.28. The van der Waals surface area contributed by atoms with Crippen LogP contribution in [0.15, 0.2) is 12.4 Å². The summed E-state index contributed by atoms with van der Waals surface area (Å²) in [5.74, 6) is -0.825. The highest BCUT2D eigenvalue weighted by molar-refractivity contribution is 4.96. The third kappa shape index (κ3) is 2.73. The fraction of sp³-hybridized carbons (Fsp3) is 0.625. The molecular formula is C8H12F3N3. The van der Waals surface area contributed by atoms with Gasteiger partial charge in [-0.1, -0.05) is 0 Å². The first-order valence-corrected chi connectivity index (χ1v) is 4.28. The summed E-state index contributed by atoms with van der Waals surface area (Å²) < 4.78 is 38.0. The van der Waals surface area contributed by atoms with E-state index in [1.807, 2.05) is 0 Å². The zero-order valence-corrected chi connectivity index (χ0v) is 7.80. The van der Waals surface area contributed by atoms with Crippen molar-refractivity contribution in [3.05, 3.63) is 18.2 Å². The van der Waals surface area contributed by atoms with Gasteiger partial charge in [-0.25, -0.2) is 4.98 Å². The summed E-state index contributed by atoms with van der Waals surface area (Å²) >= 11 is 0. The average molecular weight is 207 g/mol. The topological polar surface area (TPSA) is 29.9 Å². The van der Waals surface area contributed by atoms with Crippen LogP contribution in [0.3, 0.4) is 0 Å². The molecule has 0 atom stereocenters. The number of aryl methyl sites for hydroxylation is 1. The van der Waals surface area contributed by atoms with Crippen LogP contribution in [0, 0.1) is 0 Å². The van der Waals surface area contributed by atoms with Crippen LogP contribution in [0.25, 0.3) is 0 Å². The smallest absolute Gasteiger partial charge is 0.327 e. The molecule has 0 unspecified atom stereocenters. The fourth-order valence-corrected chi connectivity index (χ4v) is 1.17. The molecule has 0 radical (unpaired) electrons. The first kappa shape index (κ1) is 11.0. The number of aromatic nitrogens is 2. The van der Waals surface area contributed by atoms with E-state index in [0.29, 0.717) is 19.5 Å². The molecule has 0 aliphatic rings. The summed E-state index contributed by atoms with van der Waals surface area (Å²) in [7, 11) is 1.76. The minimum atomic E-state index is -4.36. The second-order valence-electron chi connectivity index (χ2n) is 2.90. The molecule has 0 spiro atoms. The summed E-state index contributed by atoms with van der Waals surface area (Å²) in [6.07, 6.45) is -1.19. The quantitative estimate of drug-likeness (QED) is 0.758. The molecule has 6 heteroatoms. The van der Waals surface area contributed by atoms with Gasteiger partial charge in [0.25, 0.3) is 0 Å². The molecule has 1 aromatic heterocycles. The van der Waals surface area contributed by atoms with Gasteiger partial charge >= 0.3 is 6.18 Å². The fourth-order valence-electron chi connectivity index (χ4n) is 1.17.